The van der Waals surface area contributed by atoms with Gasteiger partial charge in [0.15, 0.2) is 0 Å². The molecular weight excluding hydrogens is 206 g/mol. The largest absolute Gasteiger partial charge is 0.480 e. The van der Waals surface area contributed by atoms with Crippen LogP contribution in [-0.4, -0.2) is 32.9 Å². The van der Waals surface area contributed by atoms with E-state index in [1.807, 2.05) is 24.0 Å². The van der Waals surface area contributed by atoms with Crippen molar-refractivity contribution in [1.29, 1.82) is 0 Å². The van der Waals surface area contributed by atoms with Crippen molar-refractivity contribution < 1.29 is 9.90 Å². The third kappa shape index (κ3) is 2.41. The molecule has 1 fully saturated rings. The molecule has 1 aliphatic heterocycles. The predicted octanol–water partition coefficient (Wildman–Crippen LogP) is 0.651. The van der Waals surface area contributed by atoms with E-state index in [4.69, 9.17) is 5.11 Å². The number of aromatic nitrogens is 2. The summed E-state index contributed by atoms with van der Waals surface area (Å²) in [4.78, 5) is 10.8. The number of carbonyl (C=O) groups is 1. The Morgan fingerprint density at radius 2 is 2.50 bits per heavy atom. The fourth-order valence-corrected chi connectivity index (χ4v) is 2.14. The van der Waals surface area contributed by atoms with Gasteiger partial charge in [0.25, 0.3) is 0 Å². The van der Waals surface area contributed by atoms with Gasteiger partial charge in [0.2, 0.25) is 0 Å². The highest BCUT2D eigenvalue weighted by atomic mass is 16.4. The molecule has 88 valence electrons. The van der Waals surface area contributed by atoms with Crippen molar-refractivity contribution in [3.05, 3.63) is 18.0 Å². The van der Waals surface area contributed by atoms with Crippen LogP contribution in [0.4, 0.5) is 0 Å². The summed E-state index contributed by atoms with van der Waals surface area (Å²) in [5.74, 6) is -0.744. The molecular formula is C11H17N3O2. The fourth-order valence-electron chi connectivity index (χ4n) is 2.14. The van der Waals surface area contributed by atoms with Gasteiger partial charge in [-0.05, 0) is 31.7 Å². The SMILES string of the molecule is CCn1cc(CC2CCC(C(=O)O)N2)cn1. The van der Waals surface area contributed by atoms with Crippen molar-refractivity contribution in [1.82, 2.24) is 15.1 Å². The van der Waals surface area contributed by atoms with Crippen molar-refractivity contribution in [3.63, 3.8) is 0 Å². The van der Waals surface area contributed by atoms with Crippen molar-refractivity contribution in [2.75, 3.05) is 0 Å². The first-order valence-electron chi connectivity index (χ1n) is 5.69. The van der Waals surface area contributed by atoms with E-state index in [0.29, 0.717) is 0 Å². The second-order valence-corrected chi connectivity index (χ2v) is 4.24. The van der Waals surface area contributed by atoms with Crippen LogP contribution < -0.4 is 5.32 Å². The Bertz CT molecular complexity index is 375. The van der Waals surface area contributed by atoms with Crippen molar-refractivity contribution >= 4 is 5.97 Å². The van der Waals surface area contributed by atoms with E-state index in [2.05, 4.69) is 10.4 Å². The molecule has 5 heteroatoms. The summed E-state index contributed by atoms with van der Waals surface area (Å²) in [5, 5.41) is 16.2. The van der Waals surface area contributed by atoms with Crippen molar-refractivity contribution in [2.24, 2.45) is 0 Å². The van der Waals surface area contributed by atoms with Gasteiger partial charge in [-0.15, -0.1) is 0 Å². The van der Waals surface area contributed by atoms with E-state index in [1.54, 1.807) is 0 Å². The molecule has 0 spiro atoms. The summed E-state index contributed by atoms with van der Waals surface area (Å²) >= 11 is 0. The number of aryl methyl sites for hydroxylation is 1. The third-order valence-corrected chi connectivity index (χ3v) is 3.03. The fraction of sp³-hybridized carbons (Fsp3) is 0.636. The topological polar surface area (TPSA) is 67.2 Å². The molecule has 0 saturated carbocycles. The quantitative estimate of drug-likeness (QED) is 0.786. The molecule has 0 amide bonds. The zero-order valence-electron chi connectivity index (χ0n) is 9.39. The van der Waals surface area contributed by atoms with Crippen molar-refractivity contribution in [2.45, 2.75) is 44.8 Å². The predicted molar refractivity (Wildman–Crippen MR) is 59.2 cm³/mol. The van der Waals surface area contributed by atoms with Gasteiger partial charge in [0, 0.05) is 18.8 Å². The lowest BCUT2D eigenvalue weighted by atomic mass is 10.1. The molecule has 2 N–H and O–H groups in total. The highest BCUT2D eigenvalue weighted by molar-refractivity contribution is 5.73. The van der Waals surface area contributed by atoms with Crippen LogP contribution >= 0.6 is 0 Å². The first kappa shape index (κ1) is 11.1. The summed E-state index contributed by atoms with van der Waals surface area (Å²) in [7, 11) is 0. The smallest absolute Gasteiger partial charge is 0.320 e. The first-order valence-corrected chi connectivity index (χ1v) is 5.69. The highest BCUT2D eigenvalue weighted by Crippen LogP contribution is 2.16. The number of nitrogens with one attached hydrogen (secondary N) is 1. The van der Waals surface area contributed by atoms with Crippen LogP contribution in [0, 0.1) is 0 Å². The maximum Gasteiger partial charge on any atom is 0.320 e. The summed E-state index contributed by atoms with van der Waals surface area (Å²) < 4.78 is 1.89. The number of hydrogen-bond acceptors (Lipinski definition) is 3. The molecule has 16 heavy (non-hydrogen) atoms. The van der Waals surface area contributed by atoms with E-state index >= 15 is 0 Å². The van der Waals surface area contributed by atoms with E-state index in [0.717, 1.165) is 25.8 Å². The molecule has 1 aromatic rings. The highest BCUT2D eigenvalue weighted by Gasteiger charge is 2.28. The first-order chi connectivity index (χ1) is 7.69. The molecule has 1 aromatic heterocycles. The van der Waals surface area contributed by atoms with Gasteiger partial charge in [0.1, 0.15) is 6.04 Å². The van der Waals surface area contributed by atoms with E-state index < -0.39 is 5.97 Å². The molecule has 2 atom stereocenters. The molecule has 5 nitrogen and oxygen atoms in total. The average molecular weight is 223 g/mol. The molecule has 2 heterocycles. The average Bonchev–Trinajstić information content (AvgIpc) is 2.87. The van der Waals surface area contributed by atoms with Gasteiger partial charge in [-0.2, -0.15) is 5.10 Å². The van der Waals surface area contributed by atoms with Gasteiger partial charge in [-0.1, -0.05) is 0 Å². The molecule has 2 unspecified atom stereocenters. The zero-order chi connectivity index (χ0) is 11.5. The maximum atomic E-state index is 10.8. The number of carboxylic acid groups (broad SMARTS) is 1. The molecule has 0 bridgehead atoms. The van der Waals surface area contributed by atoms with Gasteiger partial charge in [-0.25, -0.2) is 0 Å². The number of aliphatic carboxylic acids is 1. The molecule has 2 rings (SSSR count). The van der Waals surface area contributed by atoms with E-state index in [1.165, 1.54) is 5.56 Å². The third-order valence-electron chi connectivity index (χ3n) is 3.03. The van der Waals surface area contributed by atoms with Crippen LogP contribution in [0.5, 0.6) is 0 Å². The van der Waals surface area contributed by atoms with E-state index in [9.17, 15) is 4.79 Å². The van der Waals surface area contributed by atoms with Crippen LogP contribution in [0.2, 0.25) is 0 Å². The lowest BCUT2D eigenvalue weighted by Gasteiger charge is -2.10. The molecule has 0 radical (unpaired) electrons. The summed E-state index contributed by atoms with van der Waals surface area (Å²) in [5.41, 5.74) is 1.17. The van der Waals surface area contributed by atoms with Crippen LogP contribution in [0.3, 0.4) is 0 Å². The zero-order valence-corrected chi connectivity index (χ0v) is 9.39. The maximum absolute atomic E-state index is 10.8. The number of carboxylic acids is 1. The lowest BCUT2D eigenvalue weighted by Crippen LogP contribution is -2.36. The molecule has 0 aliphatic carbocycles. The minimum Gasteiger partial charge on any atom is -0.480 e. The van der Waals surface area contributed by atoms with Crippen LogP contribution in [0.1, 0.15) is 25.3 Å². The van der Waals surface area contributed by atoms with Gasteiger partial charge in [-0.3, -0.25) is 9.48 Å². The van der Waals surface area contributed by atoms with Gasteiger partial charge in [0.05, 0.1) is 6.20 Å². The monoisotopic (exact) mass is 223 g/mol. The van der Waals surface area contributed by atoms with Gasteiger partial charge < -0.3 is 10.4 Å². The Balaban J connectivity index is 1.89. The second-order valence-electron chi connectivity index (χ2n) is 4.24. The van der Waals surface area contributed by atoms with Crippen LogP contribution in [0.15, 0.2) is 12.4 Å². The summed E-state index contributed by atoms with van der Waals surface area (Å²) in [6.07, 6.45) is 6.40. The Morgan fingerprint density at radius 3 is 3.06 bits per heavy atom. The standard InChI is InChI=1S/C11H17N3O2/c1-2-14-7-8(6-12-14)5-9-3-4-10(13-9)11(15)16/h6-7,9-10,13H,2-5H2,1H3,(H,15,16). The second kappa shape index (κ2) is 4.65. The lowest BCUT2D eigenvalue weighted by molar-refractivity contribution is -0.139. The number of rotatable bonds is 4. The Labute approximate surface area is 94.5 Å². The summed E-state index contributed by atoms with van der Waals surface area (Å²) in [6.45, 7) is 2.92. The normalized spacial score (nSPS) is 24.8. The minimum atomic E-state index is -0.744. The Kier molecular flexibility index (Phi) is 3.24. The number of nitrogens with zero attached hydrogens (tertiary/aromatic N) is 2. The minimum absolute atomic E-state index is 0.274. The van der Waals surface area contributed by atoms with Crippen LogP contribution in [0.25, 0.3) is 0 Å². The molecule has 0 aromatic carbocycles. The number of hydrogen-bond donors (Lipinski definition) is 2. The van der Waals surface area contributed by atoms with Gasteiger partial charge >= 0.3 is 5.97 Å². The van der Waals surface area contributed by atoms with E-state index in [-0.39, 0.29) is 12.1 Å². The summed E-state index contributed by atoms with van der Waals surface area (Å²) in [6, 6.07) is -0.0955. The molecule has 1 saturated heterocycles. The van der Waals surface area contributed by atoms with Crippen LogP contribution in [-0.2, 0) is 17.8 Å². The Morgan fingerprint density at radius 1 is 1.69 bits per heavy atom. The molecule has 1 aliphatic rings. The Hall–Kier alpha value is -1.36. The van der Waals surface area contributed by atoms with Crippen molar-refractivity contribution in [3.8, 4) is 0 Å².